The molecule has 0 spiro atoms. The Balaban J connectivity index is 1.95. The minimum absolute atomic E-state index is 0.0161. The SMILES string of the molecule is CS(=O)[C@](C)(CCn1cnc2cc(-c3cccc(F)c3F)ccc2c1=O)C(=O)NO. The molecular weight excluding hydrogens is 416 g/mol. The highest BCUT2D eigenvalue weighted by Gasteiger charge is 2.37. The van der Waals surface area contributed by atoms with Gasteiger partial charge >= 0.3 is 0 Å². The summed E-state index contributed by atoms with van der Waals surface area (Å²) in [7, 11) is -1.61. The average molecular weight is 435 g/mol. The first kappa shape index (κ1) is 21.7. The number of carbonyl (C=O) groups is 1. The third kappa shape index (κ3) is 3.88. The molecule has 0 saturated carbocycles. The fourth-order valence-electron chi connectivity index (χ4n) is 3.05. The van der Waals surface area contributed by atoms with Crippen molar-refractivity contribution in [2.45, 2.75) is 24.6 Å². The van der Waals surface area contributed by atoms with Crippen molar-refractivity contribution in [3.63, 3.8) is 0 Å². The summed E-state index contributed by atoms with van der Waals surface area (Å²) in [6.45, 7) is 1.46. The molecule has 0 aliphatic carbocycles. The summed E-state index contributed by atoms with van der Waals surface area (Å²) in [6.07, 6.45) is 2.62. The van der Waals surface area contributed by atoms with Crippen LogP contribution in [0.15, 0.2) is 47.5 Å². The van der Waals surface area contributed by atoms with Crippen LogP contribution in [0.25, 0.3) is 22.0 Å². The van der Waals surface area contributed by atoms with Gasteiger partial charge in [0.1, 0.15) is 4.75 Å². The highest BCUT2D eigenvalue weighted by atomic mass is 32.2. The fraction of sp³-hybridized carbons (Fsp3) is 0.250. The number of amides is 1. The summed E-state index contributed by atoms with van der Waals surface area (Å²) in [5, 5.41) is 9.16. The van der Waals surface area contributed by atoms with Crippen LogP contribution in [0.2, 0.25) is 0 Å². The summed E-state index contributed by atoms with van der Waals surface area (Å²) in [4.78, 5) is 28.9. The Morgan fingerprint density at radius 2 is 2.03 bits per heavy atom. The molecule has 0 fully saturated rings. The van der Waals surface area contributed by atoms with Gasteiger partial charge in [-0.2, -0.15) is 0 Å². The lowest BCUT2D eigenvalue weighted by molar-refractivity contribution is -0.131. The highest BCUT2D eigenvalue weighted by Crippen LogP contribution is 2.26. The smallest absolute Gasteiger partial charge is 0.261 e. The van der Waals surface area contributed by atoms with Crippen molar-refractivity contribution in [3.05, 3.63) is 64.7 Å². The molecule has 30 heavy (non-hydrogen) atoms. The largest absolute Gasteiger partial charge is 0.299 e. The molecule has 1 amide bonds. The van der Waals surface area contributed by atoms with E-state index in [1.54, 1.807) is 0 Å². The van der Waals surface area contributed by atoms with Gasteiger partial charge < -0.3 is 0 Å². The number of rotatable bonds is 6. The van der Waals surface area contributed by atoms with E-state index in [0.717, 1.165) is 6.07 Å². The maximum atomic E-state index is 14.1. The van der Waals surface area contributed by atoms with Crippen LogP contribution in [-0.2, 0) is 22.1 Å². The normalized spacial score (nSPS) is 14.3. The van der Waals surface area contributed by atoms with E-state index in [0.29, 0.717) is 11.1 Å². The molecule has 3 rings (SSSR count). The van der Waals surface area contributed by atoms with Crippen LogP contribution in [-0.4, -0.2) is 35.9 Å². The van der Waals surface area contributed by atoms with Crippen molar-refractivity contribution in [2.75, 3.05) is 6.26 Å². The summed E-state index contributed by atoms with van der Waals surface area (Å²) in [5.41, 5.74) is 1.83. The highest BCUT2D eigenvalue weighted by molar-refractivity contribution is 7.86. The predicted octanol–water partition coefficient (Wildman–Crippen LogP) is 2.37. The van der Waals surface area contributed by atoms with E-state index in [9.17, 15) is 22.6 Å². The minimum atomic E-state index is -1.61. The van der Waals surface area contributed by atoms with Gasteiger partial charge in [0.25, 0.3) is 11.5 Å². The minimum Gasteiger partial charge on any atom is -0.299 e. The second-order valence-corrected chi connectivity index (χ2v) is 8.76. The van der Waals surface area contributed by atoms with E-state index in [4.69, 9.17) is 5.21 Å². The molecule has 2 aromatic carbocycles. The zero-order valence-corrected chi connectivity index (χ0v) is 17.0. The molecule has 1 aromatic heterocycles. The van der Waals surface area contributed by atoms with Gasteiger partial charge in [-0.05, 0) is 37.1 Å². The van der Waals surface area contributed by atoms with Gasteiger partial charge in [0, 0.05) is 29.2 Å². The maximum Gasteiger partial charge on any atom is 0.261 e. The third-order valence-corrected chi connectivity index (χ3v) is 6.79. The number of halogens is 2. The maximum absolute atomic E-state index is 14.1. The van der Waals surface area contributed by atoms with Crippen molar-refractivity contribution in [1.82, 2.24) is 15.0 Å². The first-order valence-electron chi connectivity index (χ1n) is 8.90. The number of hydrogen-bond acceptors (Lipinski definition) is 5. The van der Waals surface area contributed by atoms with Gasteiger partial charge in [-0.1, -0.05) is 18.2 Å². The number of carbonyl (C=O) groups excluding carboxylic acids is 1. The monoisotopic (exact) mass is 435 g/mol. The van der Waals surface area contributed by atoms with Crippen LogP contribution in [0.4, 0.5) is 8.78 Å². The summed E-state index contributed by atoms with van der Waals surface area (Å²) in [6, 6.07) is 8.30. The van der Waals surface area contributed by atoms with E-state index in [1.165, 1.54) is 59.9 Å². The van der Waals surface area contributed by atoms with Crippen molar-refractivity contribution in [2.24, 2.45) is 0 Å². The second-order valence-electron chi connectivity index (χ2n) is 6.95. The number of benzene rings is 2. The Bertz CT molecular complexity index is 1210. The van der Waals surface area contributed by atoms with E-state index >= 15 is 0 Å². The van der Waals surface area contributed by atoms with Crippen LogP contribution in [0.3, 0.4) is 0 Å². The van der Waals surface area contributed by atoms with Crippen molar-refractivity contribution in [3.8, 4) is 11.1 Å². The Morgan fingerprint density at radius 3 is 2.70 bits per heavy atom. The predicted molar refractivity (Wildman–Crippen MR) is 108 cm³/mol. The molecule has 10 heteroatoms. The van der Waals surface area contributed by atoms with Crippen LogP contribution in [0.5, 0.6) is 0 Å². The lowest BCUT2D eigenvalue weighted by Crippen LogP contribution is -2.47. The first-order chi connectivity index (χ1) is 14.2. The third-order valence-electron chi connectivity index (χ3n) is 5.13. The van der Waals surface area contributed by atoms with E-state index < -0.39 is 38.6 Å². The standard InChI is InChI=1S/C20H19F2N3O4S/c1-20(30(2)29,19(27)24-28)8-9-25-11-23-16-10-12(6-7-14(16)18(25)26)13-4-3-5-15(21)17(13)22/h3-7,10-11,28H,8-9H2,1-2H3,(H,24,27)/t20-,30?/m1/s1. The zero-order chi connectivity index (χ0) is 22.1. The van der Waals surface area contributed by atoms with Gasteiger partial charge in [0.05, 0.1) is 17.2 Å². The van der Waals surface area contributed by atoms with Gasteiger partial charge in [-0.3, -0.25) is 23.6 Å². The topological polar surface area (TPSA) is 101 Å². The van der Waals surface area contributed by atoms with Crippen molar-refractivity contribution >= 4 is 27.6 Å². The number of hydrogen-bond donors (Lipinski definition) is 2. The summed E-state index contributed by atoms with van der Waals surface area (Å²) < 4.78 is 39.4. The number of nitrogens with zero attached hydrogens (tertiary/aromatic N) is 2. The van der Waals surface area contributed by atoms with Crippen LogP contribution >= 0.6 is 0 Å². The van der Waals surface area contributed by atoms with E-state index in [1.807, 2.05) is 0 Å². The number of nitrogens with one attached hydrogen (secondary N) is 1. The number of aromatic nitrogens is 2. The molecule has 2 N–H and O–H groups in total. The number of hydroxylamine groups is 1. The molecule has 2 atom stereocenters. The second kappa shape index (κ2) is 8.41. The van der Waals surface area contributed by atoms with Gasteiger partial charge in [-0.15, -0.1) is 0 Å². The van der Waals surface area contributed by atoms with E-state index in [-0.39, 0.29) is 23.9 Å². The molecule has 0 bridgehead atoms. The lowest BCUT2D eigenvalue weighted by atomic mass is 10.0. The first-order valence-corrected chi connectivity index (χ1v) is 10.5. The van der Waals surface area contributed by atoms with Crippen LogP contribution in [0, 0.1) is 11.6 Å². The quantitative estimate of drug-likeness (QED) is 0.457. The van der Waals surface area contributed by atoms with Gasteiger partial charge in [0.2, 0.25) is 0 Å². The Hall–Kier alpha value is -2.98. The molecule has 0 aliphatic rings. The molecule has 158 valence electrons. The number of fused-ring (bicyclic) bond motifs is 1. The zero-order valence-electron chi connectivity index (χ0n) is 16.2. The van der Waals surface area contributed by atoms with E-state index in [2.05, 4.69) is 4.98 Å². The van der Waals surface area contributed by atoms with Gasteiger partial charge in [-0.25, -0.2) is 19.2 Å². The molecule has 1 heterocycles. The molecule has 0 radical (unpaired) electrons. The number of aryl methyl sites for hydroxylation is 1. The Kier molecular flexibility index (Phi) is 6.09. The van der Waals surface area contributed by atoms with Gasteiger partial charge in [0.15, 0.2) is 11.6 Å². The summed E-state index contributed by atoms with van der Waals surface area (Å²) >= 11 is 0. The lowest BCUT2D eigenvalue weighted by Gasteiger charge is -2.24. The van der Waals surface area contributed by atoms with Crippen LogP contribution < -0.4 is 11.0 Å². The molecule has 3 aromatic rings. The fourth-order valence-corrected chi connectivity index (χ4v) is 3.74. The molecule has 0 aliphatic heterocycles. The molecular formula is C20H19F2N3O4S. The Labute approximate surface area is 172 Å². The summed E-state index contributed by atoms with van der Waals surface area (Å²) in [5.74, 6) is -2.77. The Morgan fingerprint density at radius 1 is 1.30 bits per heavy atom. The van der Waals surface area contributed by atoms with Crippen molar-refractivity contribution < 1.29 is 23.0 Å². The molecule has 0 saturated heterocycles. The van der Waals surface area contributed by atoms with Crippen LogP contribution in [0.1, 0.15) is 13.3 Å². The molecule has 7 nitrogen and oxygen atoms in total. The van der Waals surface area contributed by atoms with Crippen molar-refractivity contribution in [1.29, 1.82) is 0 Å². The average Bonchev–Trinajstić information content (AvgIpc) is 2.74. The molecule has 1 unspecified atom stereocenters.